The van der Waals surface area contributed by atoms with Crippen molar-refractivity contribution in [3.05, 3.63) is 35.9 Å². The third-order valence-electron chi connectivity index (χ3n) is 4.86. The highest BCUT2D eigenvalue weighted by atomic mass is 16.5. The summed E-state index contributed by atoms with van der Waals surface area (Å²) in [5.41, 5.74) is 1.60. The van der Waals surface area contributed by atoms with Crippen LogP contribution in [0.4, 0.5) is 0 Å². The molecule has 2 nitrogen and oxygen atoms in total. The highest BCUT2D eigenvalue weighted by Crippen LogP contribution is 2.62. The summed E-state index contributed by atoms with van der Waals surface area (Å²) in [6.45, 7) is 0.416. The molecule has 2 aliphatic carbocycles. The van der Waals surface area contributed by atoms with Crippen molar-refractivity contribution < 1.29 is 9.53 Å². The molecular weight excluding hydrogens is 236 g/mol. The van der Waals surface area contributed by atoms with Crippen LogP contribution in [0, 0.1) is 11.3 Å². The molecule has 19 heavy (non-hydrogen) atoms. The van der Waals surface area contributed by atoms with Crippen LogP contribution in [-0.4, -0.2) is 5.97 Å². The topological polar surface area (TPSA) is 26.3 Å². The van der Waals surface area contributed by atoms with Crippen molar-refractivity contribution in [1.82, 2.24) is 0 Å². The summed E-state index contributed by atoms with van der Waals surface area (Å²) >= 11 is 0. The molecule has 1 aromatic carbocycles. The van der Waals surface area contributed by atoms with Gasteiger partial charge in [0.25, 0.3) is 0 Å². The average Bonchev–Trinajstić information content (AvgIpc) is 3.10. The fourth-order valence-corrected chi connectivity index (χ4v) is 3.59. The van der Waals surface area contributed by atoms with Gasteiger partial charge in [-0.15, -0.1) is 0 Å². The highest BCUT2D eigenvalue weighted by Gasteiger charge is 2.54. The van der Waals surface area contributed by atoms with Crippen molar-refractivity contribution in [1.29, 1.82) is 0 Å². The maximum Gasteiger partial charge on any atom is 0.306 e. The maximum absolute atomic E-state index is 11.9. The summed E-state index contributed by atoms with van der Waals surface area (Å²) in [6.07, 6.45) is 8.66. The second-order valence-corrected chi connectivity index (χ2v) is 6.17. The lowest BCUT2D eigenvalue weighted by Crippen LogP contribution is -2.13. The van der Waals surface area contributed by atoms with E-state index in [-0.39, 0.29) is 5.97 Å². The molecule has 2 fully saturated rings. The Kier molecular flexibility index (Phi) is 3.58. The van der Waals surface area contributed by atoms with Crippen LogP contribution >= 0.6 is 0 Å². The van der Waals surface area contributed by atoms with Crippen LogP contribution in [0.5, 0.6) is 0 Å². The molecule has 0 aromatic heterocycles. The minimum atomic E-state index is -0.0173. The summed E-state index contributed by atoms with van der Waals surface area (Å²) in [5, 5.41) is 0. The Labute approximate surface area is 115 Å². The van der Waals surface area contributed by atoms with Crippen LogP contribution in [0.1, 0.15) is 50.5 Å². The number of ether oxygens (including phenoxy) is 1. The summed E-state index contributed by atoms with van der Waals surface area (Å²) < 4.78 is 5.37. The van der Waals surface area contributed by atoms with E-state index in [4.69, 9.17) is 4.74 Å². The van der Waals surface area contributed by atoms with Crippen molar-refractivity contribution in [3.63, 3.8) is 0 Å². The molecule has 2 saturated carbocycles. The standard InChI is InChI=1S/C17H22O2/c18-16(19-13-14-7-3-1-4-8-14)11-15-12-17(15)9-5-2-6-10-17/h1,3-4,7-8,15H,2,5-6,9-13H2. The van der Waals surface area contributed by atoms with E-state index in [2.05, 4.69) is 0 Å². The first-order valence-electron chi connectivity index (χ1n) is 7.48. The number of hydrogen-bond donors (Lipinski definition) is 0. The molecule has 0 N–H and O–H groups in total. The lowest BCUT2D eigenvalue weighted by Gasteiger charge is -2.22. The molecule has 1 atom stereocenters. The van der Waals surface area contributed by atoms with Gasteiger partial charge in [0, 0.05) is 6.42 Å². The van der Waals surface area contributed by atoms with Gasteiger partial charge in [0.05, 0.1) is 0 Å². The first kappa shape index (κ1) is 12.7. The van der Waals surface area contributed by atoms with Crippen LogP contribution < -0.4 is 0 Å². The van der Waals surface area contributed by atoms with Crippen molar-refractivity contribution in [3.8, 4) is 0 Å². The molecule has 0 amide bonds. The number of benzene rings is 1. The zero-order valence-electron chi connectivity index (χ0n) is 11.4. The van der Waals surface area contributed by atoms with Crippen LogP contribution in [-0.2, 0) is 16.1 Å². The van der Waals surface area contributed by atoms with Gasteiger partial charge >= 0.3 is 5.97 Å². The van der Waals surface area contributed by atoms with E-state index in [0.29, 0.717) is 24.4 Å². The van der Waals surface area contributed by atoms with E-state index in [1.807, 2.05) is 30.3 Å². The minimum absolute atomic E-state index is 0.0173. The summed E-state index contributed by atoms with van der Waals surface area (Å²) in [6, 6.07) is 9.91. The first-order valence-corrected chi connectivity index (χ1v) is 7.48. The largest absolute Gasteiger partial charge is 0.461 e. The van der Waals surface area contributed by atoms with E-state index in [9.17, 15) is 4.79 Å². The summed E-state index contributed by atoms with van der Waals surface area (Å²) in [7, 11) is 0. The second-order valence-electron chi connectivity index (χ2n) is 6.17. The van der Waals surface area contributed by atoms with Gasteiger partial charge in [-0.1, -0.05) is 49.6 Å². The second kappa shape index (κ2) is 5.36. The van der Waals surface area contributed by atoms with Crippen molar-refractivity contribution in [2.45, 2.75) is 51.6 Å². The first-order chi connectivity index (χ1) is 9.28. The fourth-order valence-electron chi connectivity index (χ4n) is 3.59. The van der Waals surface area contributed by atoms with Crippen molar-refractivity contribution >= 4 is 5.97 Å². The van der Waals surface area contributed by atoms with Crippen LogP contribution in [0.25, 0.3) is 0 Å². The van der Waals surface area contributed by atoms with Gasteiger partial charge in [-0.05, 0) is 36.2 Å². The molecule has 0 radical (unpaired) electrons. The Morgan fingerprint density at radius 3 is 2.63 bits per heavy atom. The Morgan fingerprint density at radius 1 is 1.16 bits per heavy atom. The van der Waals surface area contributed by atoms with E-state index < -0.39 is 0 Å². The Hall–Kier alpha value is -1.31. The van der Waals surface area contributed by atoms with Gasteiger partial charge in [-0.2, -0.15) is 0 Å². The van der Waals surface area contributed by atoms with Gasteiger partial charge in [-0.25, -0.2) is 0 Å². The zero-order chi connectivity index (χ0) is 13.1. The third kappa shape index (κ3) is 2.99. The number of carbonyl (C=O) groups is 1. The smallest absolute Gasteiger partial charge is 0.306 e. The van der Waals surface area contributed by atoms with Crippen LogP contribution in [0.15, 0.2) is 30.3 Å². The molecule has 0 saturated heterocycles. The molecule has 1 unspecified atom stereocenters. The molecule has 3 rings (SSSR count). The van der Waals surface area contributed by atoms with Gasteiger partial charge in [0.15, 0.2) is 0 Å². The molecule has 1 spiro atoms. The van der Waals surface area contributed by atoms with Crippen LogP contribution in [0.2, 0.25) is 0 Å². The van der Waals surface area contributed by atoms with Crippen molar-refractivity contribution in [2.24, 2.45) is 11.3 Å². The van der Waals surface area contributed by atoms with E-state index >= 15 is 0 Å². The lowest BCUT2D eigenvalue weighted by atomic mass is 9.84. The Morgan fingerprint density at radius 2 is 1.89 bits per heavy atom. The molecule has 2 aliphatic rings. The highest BCUT2D eigenvalue weighted by molar-refractivity contribution is 5.70. The minimum Gasteiger partial charge on any atom is -0.461 e. The molecular formula is C17H22O2. The molecule has 102 valence electrons. The molecule has 1 aromatic rings. The van der Waals surface area contributed by atoms with Gasteiger partial charge in [0.1, 0.15) is 6.61 Å². The Bertz CT molecular complexity index is 432. The van der Waals surface area contributed by atoms with Crippen LogP contribution in [0.3, 0.4) is 0 Å². The SMILES string of the molecule is O=C(CC1CC12CCCCC2)OCc1ccccc1. The third-order valence-corrected chi connectivity index (χ3v) is 4.86. The zero-order valence-corrected chi connectivity index (χ0v) is 11.4. The van der Waals surface area contributed by atoms with E-state index in [1.54, 1.807) is 0 Å². The van der Waals surface area contributed by atoms with Gasteiger partial charge in [-0.3, -0.25) is 4.79 Å². The van der Waals surface area contributed by atoms with Crippen molar-refractivity contribution in [2.75, 3.05) is 0 Å². The van der Waals surface area contributed by atoms with E-state index in [0.717, 1.165) is 5.56 Å². The quantitative estimate of drug-likeness (QED) is 0.760. The number of carbonyl (C=O) groups excluding carboxylic acids is 1. The van der Waals surface area contributed by atoms with Gasteiger partial charge in [0.2, 0.25) is 0 Å². The number of esters is 1. The fraction of sp³-hybridized carbons (Fsp3) is 0.588. The number of hydrogen-bond acceptors (Lipinski definition) is 2. The molecule has 0 heterocycles. The predicted molar refractivity (Wildman–Crippen MR) is 74.5 cm³/mol. The monoisotopic (exact) mass is 258 g/mol. The molecule has 0 aliphatic heterocycles. The average molecular weight is 258 g/mol. The molecule has 2 heteroatoms. The van der Waals surface area contributed by atoms with E-state index in [1.165, 1.54) is 38.5 Å². The Balaban J connectivity index is 1.43. The molecule has 0 bridgehead atoms. The predicted octanol–water partition coefficient (Wildman–Crippen LogP) is 4.09. The maximum atomic E-state index is 11.9. The number of rotatable bonds is 4. The lowest BCUT2D eigenvalue weighted by molar-refractivity contribution is -0.145. The summed E-state index contributed by atoms with van der Waals surface area (Å²) in [5.74, 6) is 0.590. The van der Waals surface area contributed by atoms with Gasteiger partial charge < -0.3 is 4.74 Å². The normalized spacial score (nSPS) is 24.1. The summed E-state index contributed by atoms with van der Waals surface area (Å²) in [4.78, 5) is 11.9.